The van der Waals surface area contributed by atoms with Crippen molar-refractivity contribution in [1.82, 2.24) is 0 Å². The molecule has 124 valence electrons. The highest BCUT2D eigenvalue weighted by Crippen LogP contribution is 2.27. The van der Waals surface area contributed by atoms with E-state index in [9.17, 15) is 18.0 Å². The van der Waals surface area contributed by atoms with E-state index in [1.54, 1.807) is 24.3 Å². The van der Waals surface area contributed by atoms with Crippen LogP contribution >= 0.6 is 0 Å². The fraction of sp³-hybridized carbons (Fsp3) is 0.562. The third-order valence-electron chi connectivity index (χ3n) is 4.13. The second-order valence-electron chi connectivity index (χ2n) is 5.46. The number of alkyl halides is 3. The first-order valence-electron chi connectivity index (χ1n) is 7.43. The molecule has 0 fully saturated rings. The number of rotatable bonds is 7. The minimum atomic E-state index is -4.16. The van der Waals surface area contributed by atoms with E-state index in [2.05, 4.69) is 5.32 Å². The lowest BCUT2D eigenvalue weighted by Crippen LogP contribution is -2.41. The van der Waals surface area contributed by atoms with E-state index in [0.29, 0.717) is 24.1 Å². The molecule has 3 nitrogen and oxygen atoms in total. The molecule has 0 atom stereocenters. The summed E-state index contributed by atoms with van der Waals surface area (Å²) in [6.07, 6.45) is -3.80. The molecule has 0 aliphatic carbocycles. The van der Waals surface area contributed by atoms with Gasteiger partial charge in [-0.05, 0) is 37.0 Å². The van der Waals surface area contributed by atoms with Crippen LogP contribution in [0, 0.1) is 5.41 Å². The van der Waals surface area contributed by atoms with Crippen LogP contribution in [0.25, 0.3) is 0 Å². The van der Waals surface area contributed by atoms with Gasteiger partial charge >= 0.3 is 6.18 Å². The Labute approximate surface area is 129 Å². The van der Waals surface area contributed by atoms with Crippen molar-refractivity contribution in [1.29, 1.82) is 0 Å². The fourth-order valence-corrected chi connectivity index (χ4v) is 2.26. The van der Waals surface area contributed by atoms with Crippen molar-refractivity contribution in [3.05, 3.63) is 29.8 Å². The first-order chi connectivity index (χ1) is 10.3. The molecule has 0 saturated carbocycles. The third kappa shape index (κ3) is 5.02. The smallest absolute Gasteiger partial charge is 0.329 e. The number of hydrogen-bond donors (Lipinski definition) is 2. The lowest BCUT2D eigenvalue weighted by Gasteiger charge is -2.28. The molecule has 0 aromatic heterocycles. The third-order valence-corrected chi connectivity index (χ3v) is 4.13. The van der Waals surface area contributed by atoms with Crippen LogP contribution < -0.4 is 11.1 Å². The molecule has 22 heavy (non-hydrogen) atoms. The number of amides is 1. The van der Waals surface area contributed by atoms with E-state index < -0.39 is 18.0 Å². The normalized spacial score (nSPS) is 12.3. The first-order valence-corrected chi connectivity index (χ1v) is 7.43. The van der Waals surface area contributed by atoms with Crippen molar-refractivity contribution in [3.63, 3.8) is 0 Å². The van der Waals surface area contributed by atoms with Gasteiger partial charge in [-0.3, -0.25) is 4.79 Å². The van der Waals surface area contributed by atoms with Gasteiger partial charge in [-0.1, -0.05) is 26.0 Å². The number of nitrogens with one attached hydrogen (secondary N) is 1. The van der Waals surface area contributed by atoms with Crippen LogP contribution in [-0.2, 0) is 11.2 Å². The average Bonchev–Trinajstić information content (AvgIpc) is 2.48. The number of benzene rings is 1. The van der Waals surface area contributed by atoms with Crippen molar-refractivity contribution in [3.8, 4) is 0 Å². The van der Waals surface area contributed by atoms with Crippen LogP contribution in [-0.4, -0.2) is 18.6 Å². The lowest BCUT2D eigenvalue weighted by molar-refractivity contribution is -0.134. The zero-order valence-electron chi connectivity index (χ0n) is 13.0. The Morgan fingerprint density at radius 1 is 1.14 bits per heavy atom. The number of halogens is 3. The van der Waals surface area contributed by atoms with Crippen LogP contribution in [0.1, 0.15) is 38.7 Å². The summed E-state index contributed by atoms with van der Waals surface area (Å²) in [4.78, 5) is 12.3. The highest BCUT2D eigenvalue weighted by atomic mass is 19.4. The van der Waals surface area contributed by atoms with Crippen LogP contribution in [0.3, 0.4) is 0 Å². The Morgan fingerprint density at radius 3 is 2.09 bits per heavy atom. The molecule has 1 rings (SSSR count). The predicted molar refractivity (Wildman–Crippen MR) is 81.5 cm³/mol. The maximum Gasteiger partial charge on any atom is 0.389 e. The van der Waals surface area contributed by atoms with E-state index in [1.807, 2.05) is 13.8 Å². The van der Waals surface area contributed by atoms with Crippen LogP contribution in [0.15, 0.2) is 24.3 Å². The van der Waals surface area contributed by atoms with Crippen molar-refractivity contribution in [2.24, 2.45) is 11.1 Å². The summed E-state index contributed by atoms with van der Waals surface area (Å²) in [5.41, 5.74) is 6.28. The highest BCUT2D eigenvalue weighted by Gasteiger charge is 2.33. The van der Waals surface area contributed by atoms with E-state index >= 15 is 0 Å². The molecule has 0 aliphatic rings. The molecule has 0 radical (unpaired) electrons. The van der Waals surface area contributed by atoms with Crippen molar-refractivity contribution < 1.29 is 18.0 Å². The van der Waals surface area contributed by atoms with E-state index in [1.165, 1.54) is 0 Å². The summed E-state index contributed by atoms with van der Waals surface area (Å²) in [7, 11) is 0. The van der Waals surface area contributed by atoms with E-state index in [4.69, 9.17) is 5.73 Å². The number of aryl methyl sites for hydroxylation is 1. The molecule has 1 aromatic rings. The maximum atomic E-state index is 12.3. The molecule has 1 amide bonds. The monoisotopic (exact) mass is 316 g/mol. The minimum Gasteiger partial charge on any atom is -0.329 e. The standard InChI is InChI=1S/C16H23F3N2O/c1-3-15(4-2,11-20)14(22)21-13-7-5-12(6-8-13)9-10-16(17,18)19/h5-8H,3-4,9-11,20H2,1-2H3,(H,21,22). The van der Waals surface area contributed by atoms with E-state index in [-0.39, 0.29) is 18.9 Å². The zero-order chi connectivity index (χ0) is 16.8. The molecule has 3 N–H and O–H groups in total. The topological polar surface area (TPSA) is 55.1 Å². The van der Waals surface area contributed by atoms with Gasteiger partial charge in [0.15, 0.2) is 0 Å². The van der Waals surface area contributed by atoms with Gasteiger partial charge in [-0.2, -0.15) is 13.2 Å². The van der Waals surface area contributed by atoms with Gasteiger partial charge < -0.3 is 11.1 Å². The number of carbonyl (C=O) groups excluding carboxylic acids is 1. The second-order valence-corrected chi connectivity index (χ2v) is 5.46. The molecule has 0 saturated heterocycles. The van der Waals surface area contributed by atoms with Gasteiger partial charge in [0.05, 0.1) is 5.41 Å². The minimum absolute atomic E-state index is 0.0611. The Bertz CT molecular complexity index is 471. The molecule has 1 aromatic carbocycles. The number of hydrogen-bond acceptors (Lipinski definition) is 2. The molecule has 0 spiro atoms. The van der Waals surface area contributed by atoms with Gasteiger partial charge in [0.1, 0.15) is 0 Å². The van der Waals surface area contributed by atoms with Gasteiger partial charge in [0.25, 0.3) is 0 Å². The Balaban J connectivity index is 2.70. The van der Waals surface area contributed by atoms with Crippen LogP contribution in [0.5, 0.6) is 0 Å². The average molecular weight is 316 g/mol. The molecular formula is C16H23F3N2O. The molecule has 0 aliphatic heterocycles. The summed E-state index contributed by atoms with van der Waals surface area (Å²) < 4.78 is 36.5. The second kappa shape index (κ2) is 7.63. The largest absolute Gasteiger partial charge is 0.389 e. The Hall–Kier alpha value is -1.56. The maximum absolute atomic E-state index is 12.3. The van der Waals surface area contributed by atoms with Gasteiger partial charge in [-0.15, -0.1) is 0 Å². The summed E-state index contributed by atoms with van der Waals surface area (Å²) in [6.45, 7) is 4.09. The summed E-state index contributed by atoms with van der Waals surface area (Å²) in [6, 6.07) is 6.44. The lowest BCUT2D eigenvalue weighted by atomic mass is 9.81. The highest BCUT2D eigenvalue weighted by molar-refractivity contribution is 5.95. The zero-order valence-corrected chi connectivity index (χ0v) is 13.0. The van der Waals surface area contributed by atoms with Crippen LogP contribution in [0.4, 0.5) is 18.9 Å². The SMILES string of the molecule is CCC(CC)(CN)C(=O)Nc1ccc(CCC(F)(F)F)cc1. The van der Waals surface area contributed by atoms with Gasteiger partial charge in [0, 0.05) is 18.7 Å². The van der Waals surface area contributed by atoms with Crippen molar-refractivity contribution in [2.45, 2.75) is 45.7 Å². The molecule has 0 unspecified atom stereocenters. The van der Waals surface area contributed by atoms with E-state index in [0.717, 1.165) is 0 Å². The number of anilines is 1. The molecule has 6 heteroatoms. The summed E-state index contributed by atoms with van der Waals surface area (Å²) in [5, 5.41) is 2.79. The molecule has 0 heterocycles. The summed E-state index contributed by atoms with van der Waals surface area (Å²) in [5.74, 6) is -0.150. The number of carbonyl (C=O) groups is 1. The molecule has 0 bridgehead atoms. The summed E-state index contributed by atoms with van der Waals surface area (Å²) >= 11 is 0. The van der Waals surface area contributed by atoms with Crippen molar-refractivity contribution in [2.75, 3.05) is 11.9 Å². The molecular weight excluding hydrogens is 293 g/mol. The Kier molecular flexibility index (Phi) is 6.41. The van der Waals surface area contributed by atoms with Crippen molar-refractivity contribution >= 4 is 11.6 Å². The Morgan fingerprint density at radius 2 is 1.68 bits per heavy atom. The first kappa shape index (κ1) is 18.5. The quantitative estimate of drug-likeness (QED) is 0.802. The number of nitrogens with two attached hydrogens (primary N) is 1. The fourth-order valence-electron chi connectivity index (χ4n) is 2.26. The van der Waals surface area contributed by atoms with Crippen LogP contribution in [0.2, 0.25) is 0 Å². The van der Waals surface area contributed by atoms with Gasteiger partial charge in [-0.25, -0.2) is 0 Å². The predicted octanol–water partition coefficient (Wildman–Crippen LogP) is 3.89. The van der Waals surface area contributed by atoms with Gasteiger partial charge in [0.2, 0.25) is 5.91 Å².